The second kappa shape index (κ2) is 9.02. The van der Waals surface area contributed by atoms with Crippen LogP contribution in [0, 0.1) is 0 Å². The lowest BCUT2D eigenvalue weighted by atomic mass is 10.1. The third-order valence-electron chi connectivity index (χ3n) is 3.94. The SMILES string of the molecule is COc1cc(/C=C2/SC(=O)N(CC(=O)O)C2=O)cc(Cl)c1OCc1ccccc1. The molecule has 0 bridgehead atoms. The van der Waals surface area contributed by atoms with Gasteiger partial charge in [0.2, 0.25) is 0 Å². The molecule has 0 spiro atoms. The normalized spacial score (nSPS) is 15.1. The zero-order valence-corrected chi connectivity index (χ0v) is 16.8. The van der Waals surface area contributed by atoms with Gasteiger partial charge in [-0.05, 0) is 41.1 Å². The third kappa shape index (κ3) is 4.90. The molecule has 2 aromatic carbocycles. The predicted octanol–water partition coefficient (Wildman–Crippen LogP) is 4.05. The highest BCUT2D eigenvalue weighted by Crippen LogP contribution is 2.39. The van der Waals surface area contributed by atoms with E-state index < -0.39 is 23.7 Å². The maximum Gasteiger partial charge on any atom is 0.323 e. The van der Waals surface area contributed by atoms with Crippen molar-refractivity contribution in [2.75, 3.05) is 13.7 Å². The van der Waals surface area contributed by atoms with Gasteiger partial charge in [0, 0.05) is 0 Å². The van der Waals surface area contributed by atoms with Crippen molar-refractivity contribution in [1.82, 2.24) is 4.90 Å². The lowest BCUT2D eigenvalue weighted by Gasteiger charge is -2.13. The van der Waals surface area contributed by atoms with E-state index >= 15 is 0 Å². The van der Waals surface area contributed by atoms with E-state index in [4.69, 9.17) is 26.2 Å². The molecule has 2 amide bonds. The van der Waals surface area contributed by atoms with E-state index in [0.29, 0.717) is 40.3 Å². The van der Waals surface area contributed by atoms with Crippen molar-refractivity contribution in [2.45, 2.75) is 6.61 Å². The van der Waals surface area contributed by atoms with Crippen LogP contribution in [-0.4, -0.2) is 40.8 Å². The standard InChI is InChI=1S/C20H16ClNO6S/c1-27-15-8-13(9-16-19(25)22(10-17(23)24)20(26)29-16)7-14(21)18(15)28-11-12-5-3-2-4-6-12/h2-9H,10-11H2,1H3,(H,23,24)/b16-9+. The molecule has 0 atom stereocenters. The first-order chi connectivity index (χ1) is 13.9. The van der Waals surface area contributed by atoms with Gasteiger partial charge in [-0.1, -0.05) is 41.9 Å². The summed E-state index contributed by atoms with van der Waals surface area (Å²) in [4.78, 5) is 35.8. The minimum absolute atomic E-state index is 0.104. The number of hydrogen-bond donors (Lipinski definition) is 1. The van der Waals surface area contributed by atoms with Crippen LogP contribution >= 0.6 is 23.4 Å². The Kier molecular flexibility index (Phi) is 6.46. The van der Waals surface area contributed by atoms with Gasteiger partial charge in [0.1, 0.15) is 13.2 Å². The Labute approximate surface area is 175 Å². The molecular weight excluding hydrogens is 418 g/mol. The maximum atomic E-state index is 12.3. The van der Waals surface area contributed by atoms with Crippen molar-refractivity contribution >= 4 is 46.6 Å². The van der Waals surface area contributed by atoms with Crippen molar-refractivity contribution in [3.05, 3.63) is 63.5 Å². The van der Waals surface area contributed by atoms with Crippen LogP contribution in [0.25, 0.3) is 6.08 Å². The highest BCUT2D eigenvalue weighted by Gasteiger charge is 2.36. The topological polar surface area (TPSA) is 93.1 Å². The number of carboxylic acid groups (broad SMARTS) is 1. The molecule has 1 N–H and O–H groups in total. The number of nitrogens with zero attached hydrogens (tertiary/aromatic N) is 1. The Morgan fingerprint density at radius 2 is 1.97 bits per heavy atom. The highest BCUT2D eigenvalue weighted by molar-refractivity contribution is 8.18. The Morgan fingerprint density at radius 3 is 2.62 bits per heavy atom. The van der Waals surface area contributed by atoms with E-state index in [9.17, 15) is 14.4 Å². The fraction of sp³-hybridized carbons (Fsp3) is 0.150. The number of halogens is 1. The van der Waals surface area contributed by atoms with Crippen LogP contribution in [0.5, 0.6) is 11.5 Å². The number of thioether (sulfide) groups is 1. The highest BCUT2D eigenvalue weighted by atomic mass is 35.5. The molecule has 1 fully saturated rings. The second-order valence-electron chi connectivity index (χ2n) is 5.97. The van der Waals surface area contributed by atoms with Gasteiger partial charge in [-0.2, -0.15) is 0 Å². The number of benzene rings is 2. The molecule has 0 aliphatic carbocycles. The van der Waals surface area contributed by atoms with Gasteiger partial charge in [-0.3, -0.25) is 19.3 Å². The molecule has 3 rings (SSSR count). The Morgan fingerprint density at radius 1 is 1.24 bits per heavy atom. The molecule has 0 radical (unpaired) electrons. The van der Waals surface area contributed by atoms with Crippen molar-refractivity contribution in [3.8, 4) is 11.5 Å². The third-order valence-corrected chi connectivity index (χ3v) is 5.13. The van der Waals surface area contributed by atoms with E-state index in [0.717, 1.165) is 5.56 Å². The lowest BCUT2D eigenvalue weighted by molar-refractivity contribution is -0.140. The number of carbonyl (C=O) groups excluding carboxylic acids is 2. The van der Waals surface area contributed by atoms with Gasteiger partial charge in [0.05, 0.1) is 17.0 Å². The molecule has 150 valence electrons. The van der Waals surface area contributed by atoms with E-state index in [2.05, 4.69) is 0 Å². The molecule has 0 aromatic heterocycles. The number of carbonyl (C=O) groups is 3. The number of aliphatic carboxylic acids is 1. The molecule has 0 saturated carbocycles. The van der Waals surface area contributed by atoms with Crippen LogP contribution in [0.15, 0.2) is 47.4 Å². The van der Waals surface area contributed by atoms with Crippen LogP contribution in [-0.2, 0) is 16.2 Å². The predicted molar refractivity (Wildman–Crippen MR) is 109 cm³/mol. The fourth-order valence-corrected chi connectivity index (χ4v) is 3.73. The zero-order valence-electron chi connectivity index (χ0n) is 15.3. The molecular formula is C20H16ClNO6S. The van der Waals surface area contributed by atoms with Gasteiger partial charge < -0.3 is 14.6 Å². The zero-order chi connectivity index (χ0) is 21.0. The fourth-order valence-electron chi connectivity index (χ4n) is 2.62. The Balaban J connectivity index is 1.83. The molecule has 1 heterocycles. The molecule has 0 unspecified atom stereocenters. The summed E-state index contributed by atoms with van der Waals surface area (Å²) in [7, 11) is 1.46. The summed E-state index contributed by atoms with van der Waals surface area (Å²) in [6.45, 7) is -0.386. The summed E-state index contributed by atoms with van der Waals surface area (Å²) >= 11 is 7.02. The van der Waals surface area contributed by atoms with Crippen molar-refractivity contribution in [2.24, 2.45) is 0 Å². The second-order valence-corrected chi connectivity index (χ2v) is 7.37. The van der Waals surface area contributed by atoms with E-state index in [-0.39, 0.29) is 9.93 Å². The van der Waals surface area contributed by atoms with Gasteiger partial charge in [0.25, 0.3) is 11.1 Å². The van der Waals surface area contributed by atoms with E-state index in [1.807, 2.05) is 30.3 Å². The van der Waals surface area contributed by atoms with Crippen molar-refractivity contribution in [3.63, 3.8) is 0 Å². The number of amides is 2. The average molecular weight is 434 g/mol. The van der Waals surface area contributed by atoms with Crippen molar-refractivity contribution in [1.29, 1.82) is 0 Å². The van der Waals surface area contributed by atoms with Crippen LogP contribution in [0.3, 0.4) is 0 Å². The molecule has 1 aliphatic heterocycles. The molecule has 7 nitrogen and oxygen atoms in total. The summed E-state index contributed by atoms with van der Waals surface area (Å²) in [5.41, 5.74) is 1.47. The number of ether oxygens (including phenoxy) is 2. The molecule has 1 aliphatic rings. The van der Waals surface area contributed by atoms with E-state index in [1.165, 1.54) is 13.2 Å². The average Bonchev–Trinajstić information content (AvgIpc) is 2.94. The quantitative estimate of drug-likeness (QED) is 0.658. The first kappa shape index (κ1) is 20.8. The smallest absolute Gasteiger partial charge is 0.323 e. The summed E-state index contributed by atoms with van der Waals surface area (Å²) < 4.78 is 11.1. The largest absolute Gasteiger partial charge is 0.493 e. The number of rotatable bonds is 7. The van der Waals surface area contributed by atoms with Crippen LogP contribution in [0.4, 0.5) is 4.79 Å². The first-order valence-electron chi connectivity index (χ1n) is 8.40. The van der Waals surface area contributed by atoms with Gasteiger partial charge in [0.15, 0.2) is 11.5 Å². The molecule has 1 saturated heterocycles. The van der Waals surface area contributed by atoms with Crippen LogP contribution < -0.4 is 9.47 Å². The summed E-state index contributed by atoms with van der Waals surface area (Å²) in [6, 6.07) is 12.7. The minimum Gasteiger partial charge on any atom is -0.493 e. The molecule has 2 aromatic rings. The first-order valence-corrected chi connectivity index (χ1v) is 9.60. The number of methoxy groups -OCH3 is 1. The summed E-state index contributed by atoms with van der Waals surface area (Å²) in [5.74, 6) is -1.21. The Bertz CT molecular complexity index is 992. The maximum absolute atomic E-state index is 12.3. The monoisotopic (exact) mass is 433 g/mol. The van der Waals surface area contributed by atoms with E-state index in [1.54, 1.807) is 12.1 Å². The summed E-state index contributed by atoms with van der Waals surface area (Å²) in [5, 5.41) is 8.47. The minimum atomic E-state index is -1.27. The molecule has 29 heavy (non-hydrogen) atoms. The Hall–Kier alpha value is -2.97. The number of imide groups is 1. The summed E-state index contributed by atoms with van der Waals surface area (Å²) in [6.07, 6.45) is 1.46. The van der Waals surface area contributed by atoms with Gasteiger partial charge in [-0.15, -0.1) is 0 Å². The van der Waals surface area contributed by atoms with Crippen LogP contribution in [0.2, 0.25) is 5.02 Å². The molecule has 9 heteroatoms. The van der Waals surface area contributed by atoms with Gasteiger partial charge in [-0.25, -0.2) is 0 Å². The van der Waals surface area contributed by atoms with Crippen LogP contribution in [0.1, 0.15) is 11.1 Å². The van der Waals surface area contributed by atoms with Gasteiger partial charge >= 0.3 is 5.97 Å². The number of carboxylic acids is 1. The van der Waals surface area contributed by atoms with Crippen molar-refractivity contribution < 1.29 is 29.0 Å². The lowest BCUT2D eigenvalue weighted by Crippen LogP contribution is -2.33. The number of hydrogen-bond acceptors (Lipinski definition) is 6.